The van der Waals surface area contributed by atoms with Gasteiger partial charge < -0.3 is 0 Å². The van der Waals surface area contributed by atoms with Gasteiger partial charge in [-0.05, 0) is 85.3 Å². The summed E-state index contributed by atoms with van der Waals surface area (Å²) in [7, 11) is -3.77. The highest BCUT2D eigenvalue weighted by atomic mass is 32.2. The lowest BCUT2D eigenvalue weighted by Crippen LogP contribution is -2.35. The van der Waals surface area contributed by atoms with Crippen molar-refractivity contribution in [3.05, 3.63) is 119 Å². The number of carbonyl (C=O) groups is 1. The van der Waals surface area contributed by atoms with Gasteiger partial charge in [0.15, 0.2) is 5.13 Å². The first-order valence-corrected chi connectivity index (χ1v) is 15.5. The first kappa shape index (κ1) is 26.2. The number of aryl methyl sites for hydroxylation is 3. The van der Waals surface area contributed by atoms with Crippen LogP contribution in [0.5, 0.6) is 0 Å². The molecule has 0 unspecified atom stereocenters. The second-order valence-corrected chi connectivity index (χ2v) is 13.0. The molecule has 2 heterocycles. The molecule has 0 spiro atoms. The lowest BCUT2D eigenvalue weighted by molar-refractivity contribution is 0.0985. The van der Waals surface area contributed by atoms with Crippen LogP contribution >= 0.6 is 11.3 Å². The molecule has 6 rings (SSSR count). The molecule has 0 N–H and O–H groups in total. The van der Waals surface area contributed by atoms with Crippen LogP contribution in [0.3, 0.4) is 0 Å². The largest absolute Gasteiger partial charge is 0.279 e. The van der Waals surface area contributed by atoms with Crippen molar-refractivity contribution < 1.29 is 13.2 Å². The maximum atomic E-state index is 13.9. The first-order chi connectivity index (χ1) is 19.3. The van der Waals surface area contributed by atoms with E-state index < -0.39 is 10.0 Å². The predicted octanol–water partition coefficient (Wildman–Crippen LogP) is 6.90. The van der Waals surface area contributed by atoms with Crippen LogP contribution in [0, 0.1) is 13.8 Å². The molecule has 0 atom stereocenters. The molecule has 0 aliphatic carbocycles. The third-order valence-electron chi connectivity index (χ3n) is 7.23. The van der Waals surface area contributed by atoms with Gasteiger partial charge in [0.1, 0.15) is 0 Å². The van der Waals surface area contributed by atoms with E-state index in [0.717, 1.165) is 51.0 Å². The number of rotatable bonds is 6. The van der Waals surface area contributed by atoms with Crippen LogP contribution in [0.25, 0.3) is 10.2 Å². The fourth-order valence-corrected chi connectivity index (χ4v) is 7.83. The van der Waals surface area contributed by atoms with Gasteiger partial charge in [-0.1, -0.05) is 65.9 Å². The maximum absolute atomic E-state index is 13.9. The molecule has 40 heavy (non-hydrogen) atoms. The second-order valence-electron chi connectivity index (χ2n) is 10.1. The fourth-order valence-electron chi connectivity index (χ4n) is 5.27. The molecule has 4 aromatic carbocycles. The van der Waals surface area contributed by atoms with Crippen LogP contribution in [0.2, 0.25) is 0 Å². The van der Waals surface area contributed by atoms with Crippen molar-refractivity contribution in [3.8, 4) is 0 Å². The summed E-state index contributed by atoms with van der Waals surface area (Å²) in [5, 5.41) is 0.610. The summed E-state index contributed by atoms with van der Waals surface area (Å²) in [6.45, 7) is 4.88. The molecule has 202 valence electrons. The number of amides is 1. The molecule has 1 amide bonds. The summed E-state index contributed by atoms with van der Waals surface area (Å²) in [6, 6.07) is 27.9. The van der Waals surface area contributed by atoms with Crippen LogP contribution in [0.4, 0.5) is 10.8 Å². The van der Waals surface area contributed by atoms with E-state index >= 15 is 0 Å². The van der Waals surface area contributed by atoms with E-state index in [4.69, 9.17) is 4.98 Å². The van der Waals surface area contributed by atoms with E-state index in [1.165, 1.54) is 27.8 Å². The van der Waals surface area contributed by atoms with E-state index in [1.807, 2.05) is 67.6 Å². The van der Waals surface area contributed by atoms with Crippen molar-refractivity contribution in [2.45, 2.75) is 38.1 Å². The molecule has 5 aromatic rings. The minimum absolute atomic E-state index is 0.168. The quantitative estimate of drug-likeness (QED) is 0.224. The monoisotopic (exact) mass is 567 g/mol. The van der Waals surface area contributed by atoms with E-state index in [0.29, 0.717) is 23.8 Å². The number of para-hydroxylation sites is 1. The van der Waals surface area contributed by atoms with Crippen LogP contribution in [-0.2, 0) is 23.0 Å². The summed E-state index contributed by atoms with van der Waals surface area (Å²) in [4.78, 5) is 20.6. The number of carbonyl (C=O) groups excluding carboxylic acids is 1. The summed E-state index contributed by atoms with van der Waals surface area (Å²) in [6.07, 6.45) is 1.63. The number of thiazole rings is 1. The van der Waals surface area contributed by atoms with Gasteiger partial charge in [0.2, 0.25) is 0 Å². The Morgan fingerprint density at radius 1 is 0.950 bits per heavy atom. The van der Waals surface area contributed by atoms with Gasteiger partial charge >= 0.3 is 0 Å². The van der Waals surface area contributed by atoms with E-state index in [-0.39, 0.29) is 10.8 Å². The molecule has 0 bridgehead atoms. The molecule has 1 aliphatic heterocycles. The van der Waals surface area contributed by atoms with E-state index in [1.54, 1.807) is 17.0 Å². The van der Waals surface area contributed by atoms with Gasteiger partial charge in [-0.3, -0.25) is 14.0 Å². The zero-order valence-corrected chi connectivity index (χ0v) is 24.0. The zero-order valence-electron chi connectivity index (χ0n) is 22.4. The number of benzene rings is 4. The topological polar surface area (TPSA) is 70.6 Å². The summed E-state index contributed by atoms with van der Waals surface area (Å²) < 4.78 is 29.7. The van der Waals surface area contributed by atoms with Gasteiger partial charge in [-0.2, -0.15) is 0 Å². The van der Waals surface area contributed by atoms with Crippen LogP contribution in [0.15, 0.2) is 95.9 Å². The Bertz CT molecular complexity index is 1810. The minimum Gasteiger partial charge on any atom is -0.279 e. The molecule has 6 nitrogen and oxygen atoms in total. The van der Waals surface area contributed by atoms with Crippen LogP contribution < -0.4 is 9.21 Å². The Labute approximate surface area is 238 Å². The molecule has 0 fully saturated rings. The van der Waals surface area contributed by atoms with Crippen LogP contribution in [-0.4, -0.2) is 25.9 Å². The molecular weight excluding hydrogens is 539 g/mol. The Morgan fingerprint density at radius 3 is 2.45 bits per heavy atom. The molecule has 0 radical (unpaired) electrons. The molecular formula is C32H29N3O3S2. The molecule has 0 saturated carbocycles. The number of nitrogens with zero attached hydrogens (tertiary/aromatic N) is 3. The fraction of sp³-hybridized carbons (Fsp3) is 0.188. The van der Waals surface area contributed by atoms with Gasteiger partial charge in [0.05, 0.1) is 27.3 Å². The van der Waals surface area contributed by atoms with E-state index in [2.05, 4.69) is 13.0 Å². The van der Waals surface area contributed by atoms with Gasteiger partial charge in [-0.15, -0.1) is 0 Å². The number of anilines is 2. The normalized spacial score (nSPS) is 13.3. The number of hydrogen-bond donors (Lipinski definition) is 0. The van der Waals surface area contributed by atoms with Gasteiger partial charge in [0, 0.05) is 12.1 Å². The summed E-state index contributed by atoms with van der Waals surface area (Å²) in [5.41, 5.74) is 6.25. The molecule has 1 aromatic heterocycles. The van der Waals surface area contributed by atoms with Crippen molar-refractivity contribution in [2.24, 2.45) is 0 Å². The number of aromatic nitrogens is 1. The van der Waals surface area contributed by atoms with Crippen LogP contribution in [0.1, 0.15) is 39.0 Å². The maximum Gasteiger partial charge on any atom is 0.264 e. The highest BCUT2D eigenvalue weighted by Gasteiger charge is 2.29. The van der Waals surface area contributed by atoms with Gasteiger partial charge in [0.25, 0.3) is 15.9 Å². The highest BCUT2D eigenvalue weighted by Crippen LogP contribution is 2.35. The Kier molecular flexibility index (Phi) is 6.90. The van der Waals surface area contributed by atoms with Crippen molar-refractivity contribution in [3.63, 3.8) is 0 Å². The third-order valence-corrected chi connectivity index (χ3v) is 10.3. The Hall–Kier alpha value is -4.01. The standard InChI is InChI=1S/C32H29N3O3S2/c1-22-19-23(2)30-28(20-22)33-32(39-30)34(21-24-9-4-3-5-10-24)31(36)26-14-16-27(17-15-26)40(37,38)35-18-8-12-25-11-6-7-13-29(25)35/h3-7,9-11,13-17,19-20H,8,12,18,21H2,1-2H3. The molecule has 8 heteroatoms. The van der Waals surface area contributed by atoms with Crippen molar-refractivity contribution >= 4 is 48.3 Å². The molecule has 0 saturated heterocycles. The minimum atomic E-state index is -3.77. The SMILES string of the molecule is Cc1cc(C)c2sc(N(Cc3ccccc3)C(=O)c3ccc(S(=O)(=O)N4CCCc5ccccc54)cc3)nc2c1. The van der Waals surface area contributed by atoms with Gasteiger partial charge in [-0.25, -0.2) is 13.4 Å². The average molecular weight is 568 g/mol. The Morgan fingerprint density at radius 2 is 1.68 bits per heavy atom. The number of sulfonamides is 1. The lowest BCUT2D eigenvalue weighted by Gasteiger charge is -2.30. The highest BCUT2D eigenvalue weighted by molar-refractivity contribution is 7.92. The molecule has 1 aliphatic rings. The second kappa shape index (κ2) is 10.5. The smallest absolute Gasteiger partial charge is 0.264 e. The number of hydrogen-bond acceptors (Lipinski definition) is 5. The predicted molar refractivity (Wildman–Crippen MR) is 162 cm³/mol. The van der Waals surface area contributed by atoms with Crippen molar-refractivity contribution in [1.29, 1.82) is 0 Å². The third kappa shape index (κ3) is 4.89. The average Bonchev–Trinajstić information content (AvgIpc) is 3.40. The van der Waals surface area contributed by atoms with Crippen molar-refractivity contribution in [2.75, 3.05) is 15.7 Å². The van der Waals surface area contributed by atoms with E-state index in [9.17, 15) is 13.2 Å². The zero-order chi connectivity index (χ0) is 27.9. The summed E-state index contributed by atoms with van der Waals surface area (Å²) in [5.74, 6) is -0.232. The van der Waals surface area contributed by atoms with Crippen molar-refractivity contribution in [1.82, 2.24) is 4.98 Å². The lowest BCUT2D eigenvalue weighted by atomic mass is 10.0. The number of fused-ring (bicyclic) bond motifs is 2. The first-order valence-electron chi connectivity index (χ1n) is 13.3. The Balaban J connectivity index is 1.34. The summed E-state index contributed by atoms with van der Waals surface area (Å²) >= 11 is 1.49.